The Kier molecular flexibility index (Phi) is 6.46. The molecule has 11 heteroatoms. The molecule has 2 amide bonds. The van der Waals surface area contributed by atoms with Gasteiger partial charge < -0.3 is 10.6 Å². The lowest BCUT2D eigenvalue weighted by Crippen LogP contribution is -2.32. The van der Waals surface area contributed by atoms with Crippen LogP contribution in [0, 0.1) is 0 Å². The van der Waals surface area contributed by atoms with Crippen molar-refractivity contribution < 1.29 is 26.4 Å². The van der Waals surface area contributed by atoms with Crippen LogP contribution in [0.4, 0.5) is 29.3 Å². The molecule has 1 aromatic heterocycles. The second-order valence-electron chi connectivity index (χ2n) is 7.88. The van der Waals surface area contributed by atoms with Crippen molar-refractivity contribution in [2.45, 2.75) is 31.0 Å². The summed E-state index contributed by atoms with van der Waals surface area (Å²) in [6, 6.07) is 11.1. The van der Waals surface area contributed by atoms with Gasteiger partial charge in [-0.05, 0) is 71.5 Å². The van der Waals surface area contributed by atoms with Crippen molar-refractivity contribution >= 4 is 39.6 Å². The Hall–Kier alpha value is -2.89. The fourth-order valence-electron chi connectivity index (χ4n) is 3.60. The number of rotatable bonds is 7. The Labute approximate surface area is 193 Å². The maximum atomic E-state index is 13.0. The van der Waals surface area contributed by atoms with Crippen LogP contribution in [0.3, 0.4) is 0 Å². The minimum atomic E-state index is -4.52. The predicted octanol–water partition coefficient (Wildman–Crippen LogP) is 5.27. The third kappa shape index (κ3) is 5.92. The zero-order chi connectivity index (χ0) is 23.6. The number of thiol groups is 1. The number of nitrogens with one attached hydrogen (secondary N) is 3. The van der Waals surface area contributed by atoms with Crippen LogP contribution in [0.25, 0.3) is 11.1 Å². The van der Waals surface area contributed by atoms with Gasteiger partial charge in [-0.3, -0.25) is 0 Å². The molecule has 0 radical (unpaired) electrons. The van der Waals surface area contributed by atoms with Gasteiger partial charge in [-0.2, -0.15) is 24.5 Å². The van der Waals surface area contributed by atoms with Gasteiger partial charge in [-0.25, -0.2) is 17.9 Å². The van der Waals surface area contributed by atoms with Crippen LogP contribution in [-0.2, 0) is 23.5 Å². The summed E-state index contributed by atoms with van der Waals surface area (Å²) in [5, 5.41) is 8.97. The van der Waals surface area contributed by atoms with Crippen LogP contribution >= 0.6 is 11.3 Å². The molecule has 0 unspecified atom stereocenters. The Balaban J connectivity index is 1.56. The van der Waals surface area contributed by atoms with Crippen molar-refractivity contribution in [3.05, 3.63) is 70.4 Å². The Morgan fingerprint density at radius 2 is 1.85 bits per heavy atom. The van der Waals surface area contributed by atoms with E-state index in [-0.39, 0.29) is 5.69 Å². The molecular weight excluding hydrogens is 475 g/mol. The maximum Gasteiger partial charge on any atom is 0.416 e. The molecule has 1 aliphatic rings. The first-order valence-electron chi connectivity index (χ1n) is 9.97. The van der Waals surface area contributed by atoms with E-state index in [2.05, 4.69) is 15.4 Å². The highest BCUT2D eigenvalue weighted by molar-refractivity contribution is 7.70. The standard InChI is InChI=1S/C22H20F3N3O3S2/c23-22(24,25)16-2-1-3-17(11-16)26-20(29)27-19-10-14(12-21(7-8-21)28-33(30)31)4-5-18(19)15-6-9-32-13-15/h1-6,9-11,13,33H,7-8,12H2,(H2,26,27,29)(H,28,30,31). The predicted molar refractivity (Wildman–Crippen MR) is 123 cm³/mol. The number of hydrogen-bond donors (Lipinski definition) is 4. The number of alkyl halides is 3. The lowest BCUT2D eigenvalue weighted by atomic mass is 9.99. The van der Waals surface area contributed by atoms with Crippen molar-refractivity contribution in [3.8, 4) is 11.1 Å². The fourth-order valence-corrected chi connectivity index (χ4v) is 4.94. The summed E-state index contributed by atoms with van der Waals surface area (Å²) < 4.78 is 63.7. The molecule has 0 aliphatic heterocycles. The van der Waals surface area contributed by atoms with Crippen molar-refractivity contribution in [1.82, 2.24) is 4.72 Å². The summed E-state index contributed by atoms with van der Waals surface area (Å²) in [7, 11) is -2.73. The molecular formula is C22H20F3N3O3S2. The molecule has 0 spiro atoms. The average Bonchev–Trinajstić information content (AvgIpc) is 3.24. The number of urea groups is 1. The SMILES string of the molecule is O=C(Nc1cccc(C(F)(F)F)c1)Nc1cc(CC2(N[SH](=O)=O)CC2)ccc1-c1ccsc1. The Bertz CT molecular complexity index is 1230. The summed E-state index contributed by atoms with van der Waals surface area (Å²) in [5.41, 5.74) is 1.56. The molecule has 3 N–H and O–H groups in total. The smallest absolute Gasteiger partial charge is 0.308 e. The second-order valence-corrected chi connectivity index (χ2v) is 9.39. The summed E-state index contributed by atoms with van der Waals surface area (Å²) >= 11 is 1.49. The monoisotopic (exact) mass is 495 g/mol. The molecule has 0 atom stereocenters. The number of carbonyl (C=O) groups excluding carboxylic acids is 1. The average molecular weight is 496 g/mol. The third-order valence-corrected chi connectivity index (χ3v) is 6.68. The van der Waals surface area contributed by atoms with Gasteiger partial charge in [-0.1, -0.05) is 18.2 Å². The minimum absolute atomic E-state index is 0.0101. The lowest BCUT2D eigenvalue weighted by Gasteiger charge is -2.17. The van der Waals surface area contributed by atoms with Gasteiger partial charge in [0.25, 0.3) is 0 Å². The zero-order valence-corrected chi connectivity index (χ0v) is 18.8. The first kappa shape index (κ1) is 23.3. The van der Waals surface area contributed by atoms with Gasteiger partial charge in [0.05, 0.1) is 11.3 Å². The molecule has 4 rings (SSSR count). The number of benzene rings is 2. The van der Waals surface area contributed by atoms with Crippen LogP contribution in [0.2, 0.25) is 0 Å². The first-order valence-corrected chi connectivity index (χ1v) is 12.1. The highest BCUT2D eigenvalue weighted by Crippen LogP contribution is 2.40. The number of halogens is 3. The molecule has 1 saturated carbocycles. The topological polar surface area (TPSA) is 87.3 Å². The van der Waals surface area contributed by atoms with Crippen molar-refractivity contribution in [3.63, 3.8) is 0 Å². The Morgan fingerprint density at radius 1 is 1.06 bits per heavy atom. The van der Waals surface area contributed by atoms with E-state index in [4.69, 9.17) is 0 Å². The van der Waals surface area contributed by atoms with Crippen LogP contribution < -0.4 is 15.4 Å². The maximum absolute atomic E-state index is 13.0. The quantitative estimate of drug-likeness (QED) is 0.337. The zero-order valence-electron chi connectivity index (χ0n) is 17.1. The number of carbonyl (C=O) groups is 1. The van der Waals surface area contributed by atoms with Gasteiger partial charge in [0.1, 0.15) is 0 Å². The highest BCUT2D eigenvalue weighted by Gasteiger charge is 2.43. The van der Waals surface area contributed by atoms with Crippen molar-refractivity contribution in [1.29, 1.82) is 0 Å². The minimum Gasteiger partial charge on any atom is -0.308 e. The molecule has 1 aliphatic carbocycles. The molecule has 2 aromatic carbocycles. The second kappa shape index (κ2) is 9.16. The van der Waals surface area contributed by atoms with Crippen LogP contribution in [-0.4, -0.2) is 20.0 Å². The van der Waals surface area contributed by atoms with Crippen molar-refractivity contribution in [2.24, 2.45) is 0 Å². The van der Waals surface area contributed by atoms with E-state index in [0.717, 1.165) is 41.7 Å². The molecule has 0 saturated heterocycles. The summed E-state index contributed by atoms with van der Waals surface area (Å²) in [6.45, 7) is 0. The molecule has 1 fully saturated rings. The lowest BCUT2D eigenvalue weighted by molar-refractivity contribution is -0.137. The highest BCUT2D eigenvalue weighted by atomic mass is 32.2. The molecule has 33 heavy (non-hydrogen) atoms. The van der Waals surface area contributed by atoms with E-state index in [1.165, 1.54) is 23.5 Å². The van der Waals surface area contributed by atoms with Gasteiger partial charge in [0.15, 0.2) is 0 Å². The first-order chi connectivity index (χ1) is 15.6. The fraction of sp³-hybridized carbons (Fsp3) is 0.227. The number of anilines is 2. The summed E-state index contributed by atoms with van der Waals surface area (Å²) in [4.78, 5) is 12.6. The molecule has 174 valence electrons. The van der Waals surface area contributed by atoms with Gasteiger partial charge in [-0.15, -0.1) is 0 Å². The Morgan fingerprint density at radius 3 is 2.48 bits per heavy atom. The van der Waals surface area contributed by atoms with E-state index in [1.807, 2.05) is 29.0 Å². The molecule has 6 nitrogen and oxygen atoms in total. The van der Waals surface area contributed by atoms with E-state index in [1.54, 1.807) is 6.07 Å². The molecule has 1 heterocycles. The van der Waals surface area contributed by atoms with Crippen LogP contribution in [0.15, 0.2) is 59.3 Å². The van der Waals surface area contributed by atoms with Gasteiger partial charge >= 0.3 is 12.2 Å². The van der Waals surface area contributed by atoms with Gasteiger partial charge in [0, 0.05) is 16.8 Å². The third-order valence-electron chi connectivity index (χ3n) is 5.34. The van der Waals surface area contributed by atoms with Crippen LogP contribution in [0.5, 0.6) is 0 Å². The summed E-state index contributed by atoms with van der Waals surface area (Å²) in [5.74, 6) is 0. The number of thiophene rings is 1. The van der Waals surface area contributed by atoms with Crippen molar-refractivity contribution in [2.75, 3.05) is 10.6 Å². The largest absolute Gasteiger partial charge is 0.416 e. The molecule has 0 bridgehead atoms. The summed E-state index contributed by atoms with van der Waals surface area (Å²) in [6.07, 6.45) is -2.61. The van der Waals surface area contributed by atoms with E-state index < -0.39 is 34.2 Å². The van der Waals surface area contributed by atoms with Crippen LogP contribution in [0.1, 0.15) is 24.0 Å². The van der Waals surface area contributed by atoms with E-state index in [0.29, 0.717) is 12.1 Å². The number of hydrogen-bond acceptors (Lipinski definition) is 4. The number of amides is 2. The molecule has 3 aromatic rings. The van der Waals surface area contributed by atoms with Gasteiger partial charge in [0.2, 0.25) is 10.9 Å². The normalized spacial score (nSPS) is 14.8. The van der Waals surface area contributed by atoms with E-state index in [9.17, 15) is 26.4 Å². The van der Waals surface area contributed by atoms with E-state index >= 15 is 0 Å².